The van der Waals surface area contributed by atoms with Crippen LogP contribution in [0.3, 0.4) is 0 Å². The predicted molar refractivity (Wildman–Crippen MR) is 135 cm³/mol. The third-order valence-electron chi connectivity index (χ3n) is 5.33. The molecule has 2 aromatic carbocycles. The lowest BCUT2D eigenvalue weighted by Gasteiger charge is -2.20. The SMILES string of the molecule is CC1C(=O)N(c2ccc(SC(F)(F)F)cc2)C(=O)N1Cc1ccnc(NC(=O)Nc2ccc(Cl)cc2)c1. The van der Waals surface area contributed by atoms with Crippen molar-refractivity contribution in [1.29, 1.82) is 0 Å². The largest absolute Gasteiger partial charge is 0.446 e. The highest BCUT2D eigenvalue weighted by atomic mass is 35.5. The highest BCUT2D eigenvalue weighted by Crippen LogP contribution is 2.38. The Labute approximate surface area is 218 Å². The standard InChI is InChI=1S/C24H19ClF3N5O3S/c1-14-21(34)33(18-6-8-19(9-7-18)37-24(26,27)28)23(36)32(14)13-15-10-11-29-20(12-15)31-22(35)30-17-4-2-16(25)3-5-17/h2-12,14H,13H2,1H3,(H2,29,30,31,35). The Morgan fingerprint density at radius 3 is 2.38 bits per heavy atom. The monoisotopic (exact) mass is 549 g/mol. The zero-order chi connectivity index (χ0) is 26.7. The number of rotatable bonds is 6. The number of urea groups is 2. The van der Waals surface area contributed by atoms with E-state index < -0.39 is 29.5 Å². The van der Waals surface area contributed by atoms with Crippen LogP contribution in [0.4, 0.5) is 40.0 Å². The van der Waals surface area contributed by atoms with Gasteiger partial charge in [0.25, 0.3) is 5.91 Å². The van der Waals surface area contributed by atoms with Crippen LogP contribution in [0.15, 0.2) is 71.8 Å². The molecule has 0 spiro atoms. The first-order valence-electron chi connectivity index (χ1n) is 10.8. The first kappa shape index (κ1) is 26.3. The normalized spacial score (nSPS) is 15.8. The van der Waals surface area contributed by atoms with Crippen molar-refractivity contribution in [3.63, 3.8) is 0 Å². The van der Waals surface area contributed by atoms with Gasteiger partial charge in [-0.1, -0.05) is 11.6 Å². The van der Waals surface area contributed by atoms with Crippen LogP contribution in [0.2, 0.25) is 5.02 Å². The Bertz CT molecular complexity index is 1320. The maximum Gasteiger partial charge on any atom is 0.446 e. The summed E-state index contributed by atoms with van der Waals surface area (Å²) in [5.41, 5.74) is -3.14. The molecule has 8 nitrogen and oxygen atoms in total. The van der Waals surface area contributed by atoms with E-state index in [4.69, 9.17) is 11.6 Å². The number of benzene rings is 2. The Kier molecular flexibility index (Phi) is 7.60. The van der Waals surface area contributed by atoms with Crippen LogP contribution in [-0.2, 0) is 11.3 Å². The van der Waals surface area contributed by atoms with Crippen molar-refractivity contribution in [1.82, 2.24) is 9.88 Å². The van der Waals surface area contributed by atoms with Gasteiger partial charge < -0.3 is 10.2 Å². The van der Waals surface area contributed by atoms with E-state index in [0.29, 0.717) is 16.3 Å². The van der Waals surface area contributed by atoms with E-state index in [9.17, 15) is 27.6 Å². The average molecular weight is 550 g/mol. The van der Waals surface area contributed by atoms with Crippen LogP contribution in [0.5, 0.6) is 0 Å². The number of carbonyl (C=O) groups is 3. The molecule has 37 heavy (non-hydrogen) atoms. The molecule has 0 saturated carbocycles. The fourth-order valence-corrected chi connectivity index (χ4v) is 4.26. The summed E-state index contributed by atoms with van der Waals surface area (Å²) in [5.74, 6) is -0.278. The first-order chi connectivity index (χ1) is 17.5. The molecule has 2 heterocycles. The molecule has 2 N–H and O–H groups in total. The highest BCUT2D eigenvalue weighted by molar-refractivity contribution is 8.00. The molecule has 0 aliphatic carbocycles. The Morgan fingerprint density at radius 2 is 1.73 bits per heavy atom. The van der Waals surface area contributed by atoms with Crippen molar-refractivity contribution in [2.45, 2.75) is 29.9 Å². The van der Waals surface area contributed by atoms with Crippen LogP contribution in [0, 0.1) is 0 Å². The molecule has 1 aliphatic heterocycles. The van der Waals surface area contributed by atoms with Crippen LogP contribution >= 0.6 is 23.4 Å². The molecular weight excluding hydrogens is 531 g/mol. The van der Waals surface area contributed by atoms with Crippen molar-refractivity contribution >= 4 is 58.5 Å². The lowest BCUT2D eigenvalue weighted by molar-refractivity contribution is -0.119. The molecule has 192 valence electrons. The minimum atomic E-state index is -4.44. The Morgan fingerprint density at radius 1 is 1.05 bits per heavy atom. The van der Waals surface area contributed by atoms with E-state index in [2.05, 4.69) is 15.6 Å². The quantitative estimate of drug-likeness (QED) is 0.276. The number of hydrogen-bond acceptors (Lipinski definition) is 5. The Balaban J connectivity index is 1.43. The number of anilines is 3. The van der Waals surface area contributed by atoms with Gasteiger partial charge in [0.2, 0.25) is 0 Å². The molecule has 1 saturated heterocycles. The number of carbonyl (C=O) groups excluding carboxylic acids is 3. The lowest BCUT2D eigenvalue weighted by atomic mass is 10.2. The average Bonchev–Trinajstić information content (AvgIpc) is 3.03. The van der Waals surface area contributed by atoms with Gasteiger partial charge in [-0.05, 0) is 84.9 Å². The first-order valence-corrected chi connectivity index (χ1v) is 12.0. The van der Waals surface area contributed by atoms with E-state index >= 15 is 0 Å². The van der Waals surface area contributed by atoms with Gasteiger partial charge in [0.1, 0.15) is 11.9 Å². The number of aromatic nitrogens is 1. The van der Waals surface area contributed by atoms with Crippen molar-refractivity contribution in [2.24, 2.45) is 0 Å². The molecule has 0 radical (unpaired) electrons. The fraction of sp³-hybridized carbons (Fsp3) is 0.167. The number of halogens is 4. The molecule has 13 heteroatoms. The summed E-state index contributed by atoms with van der Waals surface area (Å²) in [6, 6.07) is 12.8. The number of amides is 5. The summed E-state index contributed by atoms with van der Waals surface area (Å²) in [5, 5.41) is 5.77. The van der Waals surface area contributed by atoms with Gasteiger partial charge in [0, 0.05) is 28.3 Å². The van der Waals surface area contributed by atoms with Crippen LogP contribution in [-0.4, -0.2) is 39.4 Å². The summed E-state index contributed by atoms with van der Waals surface area (Å²) in [6.45, 7) is 1.61. The van der Waals surface area contributed by atoms with Gasteiger partial charge in [-0.25, -0.2) is 19.5 Å². The summed E-state index contributed by atoms with van der Waals surface area (Å²) in [4.78, 5) is 44.5. The van der Waals surface area contributed by atoms with Gasteiger partial charge >= 0.3 is 17.6 Å². The van der Waals surface area contributed by atoms with E-state index in [1.807, 2.05) is 0 Å². The van der Waals surface area contributed by atoms with Crippen molar-refractivity contribution in [3.8, 4) is 0 Å². The summed E-state index contributed by atoms with van der Waals surface area (Å²) < 4.78 is 37.8. The predicted octanol–water partition coefficient (Wildman–Crippen LogP) is 6.35. The second kappa shape index (κ2) is 10.7. The maximum atomic E-state index is 13.1. The number of nitrogens with one attached hydrogen (secondary N) is 2. The highest BCUT2D eigenvalue weighted by Gasteiger charge is 2.43. The van der Waals surface area contributed by atoms with E-state index in [0.717, 1.165) is 4.90 Å². The zero-order valence-corrected chi connectivity index (χ0v) is 20.7. The Hall–Kier alpha value is -3.77. The van der Waals surface area contributed by atoms with Gasteiger partial charge in [-0.2, -0.15) is 13.2 Å². The molecule has 0 bridgehead atoms. The van der Waals surface area contributed by atoms with Crippen molar-refractivity contribution in [3.05, 3.63) is 77.4 Å². The van der Waals surface area contributed by atoms with E-state index in [1.54, 1.807) is 43.3 Å². The summed E-state index contributed by atoms with van der Waals surface area (Å²) in [7, 11) is 0. The smallest absolute Gasteiger partial charge is 0.308 e. The molecule has 3 aromatic rings. The molecule has 1 aromatic heterocycles. The molecule has 1 aliphatic rings. The fourth-order valence-electron chi connectivity index (χ4n) is 3.60. The third kappa shape index (κ3) is 6.52. The molecule has 1 atom stereocenters. The molecule has 5 amide bonds. The summed E-state index contributed by atoms with van der Waals surface area (Å²) >= 11 is 5.56. The number of imide groups is 1. The van der Waals surface area contributed by atoms with E-state index in [-0.39, 0.29) is 34.7 Å². The second-order valence-corrected chi connectivity index (χ2v) is 9.51. The minimum absolute atomic E-state index is 0.0419. The van der Waals surface area contributed by atoms with Crippen LogP contribution in [0.25, 0.3) is 0 Å². The number of pyridine rings is 1. The summed E-state index contributed by atoms with van der Waals surface area (Å²) in [6.07, 6.45) is 1.45. The lowest BCUT2D eigenvalue weighted by Crippen LogP contribution is -2.33. The number of alkyl halides is 3. The van der Waals surface area contributed by atoms with Crippen molar-refractivity contribution in [2.75, 3.05) is 15.5 Å². The van der Waals surface area contributed by atoms with Crippen LogP contribution in [0.1, 0.15) is 12.5 Å². The topological polar surface area (TPSA) is 94.6 Å². The third-order valence-corrected chi connectivity index (χ3v) is 6.32. The van der Waals surface area contributed by atoms with Crippen LogP contribution < -0.4 is 15.5 Å². The van der Waals surface area contributed by atoms with Gasteiger partial charge in [-0.3, -0.25) is 10.1 Å². The number of nitrogens with zero attached hydrogens (tertiary/aromatic N) is 3. The number of thioether (sulfide) groups is 1. The minimum Gasteiger partial charge on any atom is -0.308 e. The zero-order valence-electron chi connectivity index (χ0n) is 19.1. The van der Waals surface area contributed by atoms with Gasteiger partial charge in [0.05, 0.1) is 5.69 Å². The molecule has 1 unspecified atom stereocenters. The van der Waals surface area contributed by atoms with E-state index in [1.165, 1.54) is 35.4 Å². The second-order valence-electron chi connectivity index (χ2n) is 7.94. The van der Waals surface area contributed by atoms with Gasteiger partial charge in [0.15, 0.2) is 0 Å². The molecule has 1 fully saturated rings. The molecule has 4 rings (SSSR count). The molecular formula is C24H19ClF3N5O3S. The number of hydrogen-bond donors (Lipinski definition) is 2. The maximum absolute atomic E-state index is 13.1. The van der Waals surface area contributed by atoms with Gasteiger partial charge in [-0.15, -0.1) is 0 Å². The van der Waals surface area contributed by atoms with Crippen molar-refractivity contribution < 1.29 is 27.6 Å².